The SMILES string of the molecule is NCCCCc1c(-c2ccc(Cl)cc2Cl)[nH]c2c(Cl)cc(Cl)cc12. The van der Waals surface area contributed by atoms with Gasteiger partial charge in [-0.15, -0.1) is 0 Å². The highest BCUT2D eigenvalue weighted by molar-refractivity contribution is 6.39. The van der Waals surface area contributed by atoms with Crippen LogP contribution >= 0.6 is 46.4 Å². The molecule has 3 N–H and O–H groups in total. The van der Waals surface area contributed by atoms with Crippen LogP contribution in [0.4, 0.5) is 0 Å². The Bertz CT molecular complexity index is 886. The predicted octanol–water partition coefficient (Wildman–Crippen LogP) is 6.73. The summed E-state index contributed by atoms with van der Waals surface area (Å²) in [7, 11) is 0. The molecular formula is C18H16Cl4N2. The van der Waals surface area contributed by atoms with Gasteiger partial charge in [-0.2, -0.15) is 0 Å². The molecule has 0 spiro atoms. The maximum absolute atomic E-state index is 6.41. The Labute approximate surface area is 160 Å². The van der Waals surface area contributed by atoms with Crippen LogP contribution in [-0.4, -0.2) is 11.5 Å². The molecule has 0 aliphatic carbocycles. The third kappa shape index (κ3) is 3.54. The minimum absolute atomic E-state index is 0.592. The van der Waals surface area contributed by atoms with Gasteiger partial charge in [0.15, 0.2) is 0 Å². The van der Waals surface area contributed by atoms with Gasteiger partial charge in [-0.05, 0) is 61.7 Å². The zero-order valence-corrected chi connectivity index (χ0v) is 15.8. The number of aromatic nitrogens is 1. The smallest absolute Gasteiger partial charge is 0.0662 e. The zero-order chi connectivity index (χ0) is 17.3. The van der Waals surface area contributed by atoms with Gasteiger partial charge in [-0.1, -0.05) is 46.4 Å². The van der Waals surface area contributed by atoms with Crippen LogP contribution in [0.25, 0.3) is 22.2 Å². The molecule has 0 aliphatic rings. The minimum atomic E-state index is 0.592. The van der Waals surface area contributed by atoms with E-state index in [4.69, 9.17) is 52.1 Å². The molecule has 0 atom stereocenters. The third-order valence-corrected chi connectivity index (χ3v) is 5.08. The molecule has 126 valence electrons. The number of benzene rings is 2. The van der Waals surface area contributed by atoms with Crippen molar-refractivity contribution in [2.45, 2.75) is 19.3 Å². The molecule has 0 amide bonds. The van der Waals surface area contributed by atoms with Gasteiger partial charge < -0.3 is 10.7 Å². The lowest BCUT2D eigenvalue weighted by Gasteiger charge is -2.07. The van der Waals surface area contributed by atoms with E-state index in [1.807, 2.05) is 18.2 Å². The molecule has 0 saturated heterocycles. The van der Waals surface area contributed by atoms with Gasteiger partial charge in [0.25, 0.3) is 0 Å². The van der Waals surface area contributed by atoms with Crippen molar-refractivity contribution in [3.63, 3.8) is 0 Å². The number of nitrogens with one attached hydrogen (secondary N) is 1. The Morgan fingerprint density at radius 2 is 1.62 bits per heavy atom. The topological polar surface area (TPSA) is 41.8 Å². The van der Waals surface area contributed by atoms with Gasteiger partial charge in [0.1, 0.15) is 0 Å². The van der Waals surface area contributed by atoms with Gasteiger partial charge in [-0.25, -0.2) is 0 Å². The minimum Gasteiger partial charge on any atom is -0.353 e. The molecule has 1 heterocycles. The quantitative estimate of drug-likeness (QED) is 0.457. The van der Waals surface area contributed by atoms with E-state index >= 15 is 0 Å². The van der Waals surface area contributed by atoms with Crippen LogP contribution in [0.5, 0.6) is 0 Å². The lowest BCUT2D eigenvalue weighted by Crippen LogP contribution is -1.99. The summed E-state index contributed by atoms with van der Waals surface area (Å²) >= 11 is 25.0. The molecule has 1 aromatic heterocycles. The highest BCUT2D eigenvalue weighted by atomic mass is 35.5. The molecule has 0 radical (unpaired) electrons. The second kappa shape index (κ2) is 7.55. The van der Waals surface area contributed by atoms with Crippen LogP contribution in [-0.2, 0) is 6.42 Å². The maximum atomic E-state index is 6.41. The van der Waals surface area contributed by atoms with Crippen molar-refractivity contribution in [2.75, 3.05) is 6.54 Å². The van der Waals surface area contributed by atoms with Gasteiger partial charge in [0, 0.05) is 21.0 Å². The summed E-state index contributed by atoms with van der Waals surface area (Å²) in [6.45, 7) is 0.668. The van der Waals surface area contributed by atoms with Crippen molar-refractivity contribution < 1.29 is 0 Å². The van der Waals surface area contributed by atoms with E-state index in [0.717, 1.165) is 47.0 Å². The van der Waals surface area contributed by atoms with Crippen LogP contribution in [0.15, 0.2) is 30.3 Å². The van der Waals surface area contributed by atoms with Crippen molar-refractivity contribution in [1.82, 2.24) is 4.98 Å². The molecule has 3 rings (SSSR count). The summed E-state index contributed by atoms with van der Waals surface area (Å²) in [5, 5.41) is 3.42. The second-order valence-corrected chi connectivity index (χ2v) is 7.35. The average Bonchev–Trinajstić information content (AvgIpc) is 2.86. The normalized spacial score (nSPS) is 11.4. The number of unbranched alkanes of at least 4 members (excludes halogenated alkanes) is 1. The number of fused-ring (bicyclic) bond motifs is 1. The van der Waals surface area contributed by atoms with E-state index in [1.54, 1.807) is 12.1 Å². The first kappa shape index (κ1) is 17.9. The van der Waals surface area contributed by atoms with Crippen molar-refractivity contribution in [3.05, 3.63) is 56.0 Å². The van der Waals surface area contributed by atoms with Gasteiger partial charge in [0.2, 0.25) is 0 Å². The summed E-state index contributed by atoms with van der Waals surface area (Å²) in [5.41, 5.74) is 9.49. The molecule has 0 aliphatic heterocycles. The highest BCUT2D eigenvalue weighted by Crippen LogP contribution is 2.39. The molecular weight excluding hydrogens is 386 g/mol. The highest BCUT2D eigenvalue weighted by Gasteiger charge is 2.17. The Morgan fingerprint density at radius 3 is 2.33 bits per heavy atom. The molecule has 2 aromatic carbocycles. The number of rotatable bonds is 5. The molecule has 0 fully saturated rings. The molecule has 2 nitrogen and oxygen atoms in total. The monoisotopic (exact) mass is 400 g/mol. The number of halogens is 4. The van der Waals surface area contributed by atoms with Crippen molar-refractivity contribution >= 4 is 57.3 Å². The average molecular weight is 402 g/mol. The summed E-state index contributed by atoms with van der Waals surface area (Å²) < 4.78 is 0. The Balaban J connectivity index is 2.21. The lowest BCUT2D eigenvalue weighted by atomic mass is 10.0. The molecule has 0 bridgehead atoms. The van der Waals surface area contributed by atoms with E-state index < -0.39 is 0 Å². The second-order valence-electron chi connectivity index (χ2n) is 5.66. The van der Waals surface area contributed by atoms with Crippen LogP contribution < -0.4 is 5.73 Å². The van der Waals surface area contributed by atoms with Crippen LogP contribution in [0.3, 0.4) is 0 Å². The molecule has 0 unspecified atom stereocenters. The number of hydrogen-bond acceptors (Lipinski definition) is 1. The summed E-state index contributed by atoms with van der Waals surface area (Å²) in [4.78, 5) is 3.41. The number of aromatic amines is 1. The fourth-order valence-corrected chi connectivity index (χ4v) is 3.95. The first-order valence-corrected chi connectivity index (χ1v) is 9.17. The largest absolute Gasteiger partial charge is 0.353 e. The van der Waals surface area contributed by atoms with Crippen LogP contribution in [0.1, 0.15) is 18.4 Å². The Morgan fingerprint density at radius 1 is 0.875 bits per heavy atom. The zero-order valence-electron chi connectivity index (χ0n) is 12.8. The maximum Gasteiger partial charge on any atom is 0.0662 e. The van der Waals surface area contributed by atoms with Gasteiger partial charge in [-0.3, -0.25) is 0 Å². The lowest BCUT2D eigenvalue weighted by molar-refractivity contribution is 0.748. The summed E-state index contributed by atoms with van der Waals surface area (Å²) in [6.07, 6.45) is 2.79. The van der Waals surface area contributed by atoms with E-state index in [1.165, 1.54) is 0 Å². The Hall–Kier alpha value is -0.900. The first-order chi connectivity index (χ1) is 11.5. The predicted molar refractivity (Wildman–Crippen MR) is 106 cm³/mol. The van der Waals surface area contributed by atoms with Crippen LogP contribution in [0, 0.1) is 0 Å². The standard InChI is InChI=1S/C18H16Cl4N2/c19-10-4-5-13(15(21)8-10)17-12(3-1-2-6-23)14-7-11(20)9-16(22)18(14)24-17/h4-5,7-9,24H,1-3,6,23H2. The van der Waals surface area contributed by atoms with Crippen molar-refractivity contribution in [1.29, 1.82) is 0 Å². The van der Waals surface area contributed by atoms with E-state index in [9.17, 15) is 0 Å². The molecule has 0 saturated carbocycles. The van der Waals surface area contributed by atoms with Gasteiger partial charge in [0.05, 0.1) is 21.3 Å². The fraction of sp³-hybridized carbons (Fsp3) is 0.222. The van der Waals surface area contributed by atoms with Crippen molar-refractivity contribution in [2.24, 2.45) is 5.73 Å². The molecule has 24 heavy (non-hydrogen) atoms. The summed E-state index contributed by atoms with van der Waals surface area (Å²) in [5.74, 6) is 0. The van der Waals surface area contributed by atoms with E-state index in [0.29, 0.717) is 26.6 Å². The number of hydrogen-bond donors (Lipinski definition) is 2. The van der Waals surface area contributed by atoms with Crippen LogP contribution in [0.2, 0.25) is 20.1 Å². The van der Waals surface area contributed by atoms with E-state index in [-0.39, 0.29) is 0 Å². The van der Waals surface area contributed by atoms with Gasteiger partial charge >= 0.3 is 0 Å². The number of nitrogens with two attached hydrogens (primary N) is 1. The Kier molecular flexibility index (Phi) is 5.63. The summed E-state index contributed by atoms with van der Waals surface area (Å²) in [6, 6.07) is 9.15. The van der Waals surface area contributed by atoms with Crippen molar-refractivity contribution in [3.8, 4) is 11.3 Å². The number of H-pyrrole nitrogens is 1. The third-order valence-electron chi connectivity index (χ3n) is 4.01. The van der Waals surface area contributed by atoms with E-state index in [2.05, 4.69) is 4.98 Å². The first-order valence-electron chi connectivity index (χ1n) is 7.66. The fourth-order valence-electron chi connectivity index (χ4n) is 2.90. The number of aryl methyl sites for hydroxylation is 1. The molecule has 3 aromatic rings. The molecule has 6 heteroatoms.